The predicted molar refractivity (Wildman–Crippen MR) is 123 cm³/mol. The first-order valence-corrected chi connectivity index (χ1v) is 10.9. The molecular formula is C20H30N8O9. The van der Waals surface area contributed by atoms with Crippen LogP contribution in [0.2, 0.25) is 0 Å². The monoisotopic (exact) mass is 526 g/mol. The third-order valence-electron chi connectivity index (χ3n) is 4.95. The Bertz CT molecular complexity index is 998. The second-order valence-corrected chi connectivity index (χ2v) is 8.02. The second kappa shape index (κ2) is 14.8. The number of carbonyl (C=O) groups excluding carboxylic acids is 5. The van der Waals surface area contributed by atoms with Crippen LogP contribution in [0.25, 0.3) is 0 Å². The molecule has 1 rings (SSSR count). The summed E-state index contributed by atoms with van der Waals surface area (Å²) in [6.45, 7) is 0. The molecule has 1 heterocycles. The fourth-order valence-corrected chi connectivity index (χ4v) is 3.01. The molecule has 0 aliphatic carbocycles. The highest BCUT2D eigenvalue weighted by Gasteiger charge is 2.31. The summed E-state index contributed by atoms with van der Waals surface area (Å²) in [6.07, 6.45) is 0.450. The number of primary amides is 2. The number of nitrogens with one attached hydrogen (secondary N) is 4. The number of imidazole rings is 1. The lowest BCUT2D eigenvalue weighted by atomic mass is 10.1. The number of aromatic amines is 1. The summed E-state index contributed by atoms with van der Waals surface area (Å²) in [7, 11) is 0. The fourth-order valence-electron chi connectivity index (χ4n) is 3.01. The molecule has 0 spiro atoms. The van der Waals surface area contributed by atoms with E-state index in [4.69, 9.17) is 22.3 Å². The molecule has 0 aromatic carbocycles. The third kappa shape index (κ3) is 11.6. The third-order valence-corrected chi connectivity index (χ3v) is 4.95. The number of nitrogens with two attached hydrogens (primary N) is 3. The number of hydrogen-bond donors (Lipinski definition) is 9. The Morgan fingerprint density at radius 3 is 1.95 bits per heavy atom. The molecule has 4 atom stereocenters. The summed E-state index contributed by atoms with van der Waals surface area (Å²) >= 11 is 0. The van der Waals surface area contributed by atoms with Gasteiger partial charge in [0.05, 0.1) is 18.8 Å². The first-order chi connectivity index (χ1) is 17.3. The van der Waals surface area contributed by atoms with Crippen molar-refractivity contribution in [2.24, 2.45) is 17.2 Å². The van der Waals surface area contributed by atoms with Gasteiger partial charge in [-0.3, -0.25) is 28.8 Å². The summed E-state index contributed by atoms with van der Waals surface area (Å²) in [5.41, 5.74) is 16.2. The number of carboxylic acid groups (broad SMARTS) is 2. The molecule has 1 aromatic rings. The van der Waals surface area contributed by atoms with Gasteiger partial charge in [0.2, 0.25) is 29.5 Å². The Kier molecular flexibility index (Phi) is 12.2. The molecule has 17 nitrogen and oxygen atoms in total. The van der Waals surface area contributed by atoms with Crippen LogP contribution >= 0.6 is 0 Å². The zero-order valence-electron chi connectivity index (χ0n) is 19.6. The van der Waals surface area contributed by atoms with Crippen LogP contribution in [0.15, 0.2) is 12.5 Å². The Morgan fingerprint density at radius 1 is 0.838 bits per heavy atom. The zero-order valence-corrected chi connectivity index (χ0v) is 19.6. The highest BCUT2D eigenvalue weighted by Crippen LogP contribution is 2.05. The van der Waals surface area contributed by atoms with E-state index in [1.165, 1.54) is 12.5 Å². The average Bonchev–Trinajstić information content (AvgIpc) is 3.31. The number of H-pyrrole nitrogens is 1. The van der Waals surface area contributed by atoms with Crippen molar-refractivity contribution in [1.29, 1.82) is 0 Å². The van der Waals surface area contributed by atoms with Crippen LogP contribution in [0.5, 0.6) is 0 Å². The van der Waals surface area contributed by atoms with E-state index in [-0.39, 0.29) is 25.7 Å². The van der Waals surface area contributed by atoms with Crippen molar-refractivity contribution >= 4 is 41.5 Å². The fraction of sp³-hybridized carbons (Fsp3) is 0.500. The van der Waals surface area contributed by atoms with Crippen molar-refractivity contribution < 1.29 is 43.8 Å². The van der Waals surface area contributed by atoms with E-state index in [0.29, 0.717) is 5.69 Å². The van der Waals surface area contributed by atoms with E-state index in [1.54, 1.807) is 0 Å². The standard InChI is InChI=1S/C20H30N8O9/c21-10(1-4-16(31)32)17(33)27-13(6-15(23)30)19(35)28-12(5-9-7-24-8-25-9)18(34)26-11(20(36)37)2-3-14(22)29/h7-8,10-13H,1-6,21H2,(H2,22,29)(H2,23,30)(H,24,25)(H,26,34)(H,27,33)(H,28,35)(H,31,32)(H,36,37). The molecule has 12 N–H and O–H groups in total. The largest absolute Gasteiger partial charge is 0.481 e. The maximum absolute atomic E-state index is 12.9. The minimum Gasteiger partial charge on any atom is -0.481 e. The molecule has 1 aromatic heterocycles. The second-order valence-electron chi connectivity index (χ2n) is 8.02. The van der Waals surface area contributed by atoms with E-state index in [1.807, 2.05) is 0 Å². The lowest BCUT2D eigenvalue weighted by Crippen LogP contribution is -2.58. The zero-order chi connectivity index (χ0) is 28.1. The lowest BCUT2D eigenvalue weighted by molar-refractivity contribution is -0.143. The van der Waals surface area contributed by atoms with E-state index in [2.05, 4.69) is 25.9 Å². The summed E-state index contributed by atoms with van der Waals surface area (Å²) in [5, 5.41) is 24.8. The number of aromatic nitrogens is 2. The van der Waals surface area contributed by atoms with E-state index in [0.717, 1.165) is 0 Å². The molecule has 4 unspecified atom stereocenters. The van der Waals surface area contributed by atoms with Gasteiger partial charge in [0, 0.05) is 31.2 Å². The number of carboxylic acids is 2. The molecule has 204 valence electrons. The highest BCUT2D eigenvalue weighted by molar-refractivity contribution is 5.96. The van der Waals surface area contributed by atoms with Crippen LogP contribution in [0, 0.1) is 0 Å². The smallest absolute Gasteiger partial charge is 0.326 e. The molecule has 0 saturated heterocycles. The first-order valence-electron chi connectivity index (χ1n) is 10.9. The molecule has 17 heteroatoms. The number of hydrogen-bond acceptors (Lipinski definition) is 9. The van der Waals surface area contributed by atoms with E-state index >= 15 is 0 Å². The Balaban J connectivity index is 3.05. The van der Waals surface area contributed by atoms with Crippen LogP contribution in [0.1, 0.15) is 37.8 Å². The summed E-state index contributed by atoms with van der Waals surface area (Å²) in [6, 6.07) is -5.82. The molecule has 0 radical (unpaired) electrons. The summed E-state index contributed by atoms with van der Waals surface area (Å²) < 4.78 is 0. The Morgan fingerprint density at radius 2 is 1.43 bits per heavy atom. The number of amides is 5. The van der Waals surface area contributed by atoms with Gasteiger partial charge >= 0.3 is 11.9 Å². The molecule has 0 saturated carbocycles. The first kappa shape index (κ1) is 30.5. The van der Waals surface area contributed by atoms with E-state index in [9.17, 15) is 38.7 Å². The predicted octanol–water partition coefficient (Wildman–Crippen LogP) is -4.18. The topological polar surface area (TPSA) is 303 Å². The van der Waals surface area contributed by atoms with Crippen molar-refractivity contribution in [3.8, 4) is 0 Å². The van der Waals surface area contributed by atoms with Crippen LogP contribution in [0.3, 0.4) is 0 Å². The molecule has 5 amide bonds. The molecule has 0 bridgehead atoms. The van der Waals surface area contributed by atoms with Gasteiger partial charge in [0.15, 0.2) is 0 Å². The van der Waals surface area contributed by atoms with Gasteiger partial charge in [-0.05, 0) is 12.8 Å². The molecule has 37 heavy (non-hydrogen) atoms. The Labute approximate surface area is 209 Å². The molecule has 0 aliphatic rings. The van der Waals surface area contributed by atoms with Crippen LogP contribution < -0.4 is 33.2 Å². The van der Waals surface area contributed by atoms with Gasteiger partial charge in [-0.15, -0.1) is 0 Å². The van der Waals surface area contributed by atoms with Gasteiger partial charge in [0.25, 0.3) is 0 Å². The van der Waals surface area contributed by atoms with Crippen molar-refractivity contribution in [3.05, 3.63) is 18.2 Å². The van der Waals surface area contributed by atoms with Crippen molar-refractivity contribution in [3.63, 3.8) is 0 Å². The molecular weight excluding hydrogens is 496 g/mol. The van der Waals surface area contributed by atoms with Crippen LogP contribution in [-0.4, -0.2) is 85.8 Å². The number of carbonyl (C=O) groups is 7. The minimum atomic E-state index is -1.58. The van der Waals surface area contributed by atoms with Crippen molar-refractivity contribution in [1.82, 2.24) is 25.9 Å². The van der Waals surface area contributed by atoms with Crippen LogP contribution in [0.4, 0.5) is 0 Å². The summed E-state index contributed by atoms with van der Waals surface area (Å²) in [4.78, 5) is 89.4. The normalized spacial score (nSPS) is 13.9. The number of rotatable bonds is 17. The summed E-state index contributed by atoms with van der Waals surface area (Å²) in [5.74, 6) is -7.33. The van der Waals surface area contributed by atoms with Crippen molar-refractivity contribution in [2.75, 3.05) is 0 Å². The van der Waals surface area contributed by atoms with Gasteiger partial charge < -0.3 is 48.3 Å². The number of nitrogens with zero attached hydrogens (tertiary/aromatic N) is 1. The van der Waals surface area contributed by atoms with Gasteiger partial charge in [-0.1, -0.05) is 0 Å². The maximum Gasteiger partial charge on any atom is 0.326 e. The van der Waals surface area contributed by atoms with Gasteiger partial charge in [-0.2, -0.15) is 0 Å². The van der Waals surface area contributed by atoms with Crippen molar-refractivity contribution in [2.45, 2.75) is 62.7 Å². The van der Waals surface area contributed by atoms with Gasteiger partial charge in [0.1, 0.15) is 18.1 Å². The SMILES string of the molecule is NC(=O)CCC(NC(=O)C(Cc1cnc[nH]1)NC(=O)C(CC(N)=O)NC(=O)C(N)CCC(=O)O)C(=O)O. The lowest BCUT2D eigenvalue weighted by Gasteiger charge is -2.24. The molecule has 0 aliphatic heterocycles. The number of aliphatic carboxylic acids is 2. The maximum atomic E-state index is 12.9. The van der Waals surface area contributed by atoms with Gasteiger partial charge in [-0.25, -0.2) is 9.78 Å². The average molecular weight is 527 g/mol. The van der Waals surface area contributed by atoms with Crippen LogP contribution in [-0.2, 0) is 40.0 Å². The highest BCUT2D eigenvalue weighted by atomic mass is 16.4. The molecule has 0 fully saturated rings. The minimum absolute atomic E-state index is 0.199. The van der Waals surface area contributed by atoms with E-state index < -0.39 is 78.5 Å². The Hall–Kier alpha value is -4.54. The quantitative estimate of drug-likeness (QED) is 0.0937.